The van der Waals surface area contributed by atoms with E-state index in [1.165, 1.54) is 0 Å². The van der Waals surface area contributed by atoms with Crippen molar-refractivity contribution in [3.05, 3.63) is 0 Å². The fourth-order valence-corrected chi connectivity index (χ4v) is 1.46. The Morgan fingerprint density at radius 2 is 1.50 bits per heavy atom. The van der Waals surface area contributed by atoms with E-state index in [-0.39, 0.29) is 50.3 Å². The second-order valence-corrected chi connectivity index (χ2v) is 4.98. The number of hydrogen-bond acceptors (Lipinski definition) is 7. The minimum atomic E-state index is -1.07. The zero-order valence-corrected chi connectivity index (χ0v) is 13.9. The fraction of sp³-hybridized carbons (Fsp3) is 0.714. The molecular formula is C14H28N4O6. The average molecular weight is 348 g/mol. The standard InChI is InChI=1S/2C7H14N2O3/c1-2-9-6(10)4-3-5(8)7(11)12;8-4-3-6(10)5(9)1-2-7(11)12/h5H,2-4,8H2,1H3,(H,9,10)(H,11,12);5H,1-4,8-9H2,(H,11,12)/t2*5-/m00/s1. The molecule has 10 nitrogen and oxygen atoms in total. The van der Waals surface area contributed by atoms with Crippen LogP contribution in [-0.4, -0.2) is 59.0 Å². The van der Waals surface area contributed by atoms with Crippen molar-refractivity contribution in [1.82, 2.24) is 5.32 Å². The molecule has 0 aromatic heterocycles. The maximum atomic E-state index is 11.0. The third-order valence-electron chi connectivity index (χ3n) is 2.85. The first-order valence-corrected chi connectivity index (χ1v) is 7.60. The van der Waals surface area contributed by atoms with Crippen molar-refractivity contribution >= 4 is 23.6 Å². The molecule has 10 heteroatoms. The Morgan fingerprint density at radius 1 is 0.958 bits per heavy atom. The van der Waals surface area contributed by atoms with E-state index in [4.69, 9.17) is 27.4 Å². The van der Waals surface area contributed by atoms with Gasteiger partial charge in [0.2, 0.25) is 5.91 Å². The SMILES string of the molecule is CCNC(=O)CC[C@H](N)C(=O)O.NCCC(=O)[C@@H](N)CCC(=O)O. The Bertz CT molecular complexity index is 416. The molecule has 0 heterocycles. The summed E-state index contributed by atoms with van der Waals surface area (Å²) in [4.78, 5) is 42.1. The van der Waals surface area contributed by atoms with Gasteiger partial charge in [0.25, 0.3) is 0 Å². The highest BCUT2D eigenvalue weighted by Gasteiger charge is 2.13. The van der Waals surface area contributed by atoms with Gasteiger partial charge in [-0.05, 0) is 26.3 Å². The largest absolute Gasteiger partial charge is 0.481 e. The molecule has 24 heavy (non-hydrogen) atoms. The lowest BCUT2D eigenvalue weighted by Gasteiger charge is -2.07. The lowest BCUT2D eigenvalue weighted by Crippen LogP contribution is -2.32. The highest BCUT2D eigenvalue weighted by Crippen LogP contribution is 1.97. The number of amides is 1. The maximum absolute atomic E-state index is 11.0. The predicted octanol–water partition coefficient (Wildman–Crippen LogP) is -1.59. The van der Waals surface area contributed by atoms with Gasteiger partial charge in [-0.25, -0.2) is 0 Å². The van der Waals surface area contributed by atoms with Crippen molar-refractivity contribution in [3.8, 4) is 0 Å². The molecule has 140 valence electrons. The van der Waals surface area contributed by atoms with Gasteiger partial charge in [0.05, 0.1) is 6.04 Å². The van der Waals surface area contributed by atoms with Crippen LogP contribution in [-0.2, 0) is 19.2 Å². The number of nitrogens with two attached hydrogens (primary N) is 3. The van der Waals surface area contributed by atoms with Gasteiger partial charge in [-0.15, -0.1) is 0 Å². The van der Waals surface area contributed by atoms with Crippen LogP contribution in [0.15, 0.2) is 0 Å². The van der Waals surface area contributed by atoms with E-state index in [1.807, 2.05) is 0 Å². The van der Waals surface area contributed by atoms with Gasteiger partial charge in [0.1, 0.15) is 6.04 Å². The minimum Gasteiger partial charge on any atom is -0.481 e. The molecule has 0 saturated carbocycles. The molecule has 2 atom stereocenters. The van der Waals surface area contributed by atoms with E-state index in [1.54, 1.807) is 6.92 Å². The Kier molecular flexibility index (Phi) is 14.7. The molecule has 0 rings (SSSR count). The summed E-state index contributed by atoms with van der Waals surface area (Å²) in [6.07, 6.45) is 0.689. The summed E-state index contributed by atoms with van der Waals surface area (Å²) in [6.45, 7) is 2.62. The molecular weight excluding hydrogens is 320 g/mol. The van der Waals surface area contributed by atoms with E-state index in [0.717, 1.165) is 0 Å². The number of ketones is 1. The van der Waals surface area contributed by atoms with Crippen LogP contribution in [0.2, 0.25) is 0 Å². The van der Waals surface area contributed by atoms with Gasteiger partial charge in [-0.3, -0.25) is 19.2 Å². The molecule has 0 aliphatic carbocycles. The maximum Gasteiger partial charge on any atom is 0.320 e. The van der Waals surface area contributed by atoms with Crippen molar-refractivity contribution < 1.29 is 29.4 Å². The summed E-state index contributed by atoms with van der Waals surface area (Å²) < 4.78 is 0. The Balaban J connectivity index is 0. The number of carbonyl (C=O) groups excluding carboxylic acids is 2. The third-order valence-corrected chi connectivity index (χ3v) is 2.85. The Hall–Kier alpha value is -2.04. The van der Waals surface area contributed by atoms with Crippen LogP contribution in [0.5, 0.6) is 0 Å². The summed E-state index contributed by atoms with van der Waals surface area (Å²) >= 11 is 0. The number of hydrogen-bond donors (Lipinski definition) is 6. The highest BCUT2D eigenvalue weighted by atomic mass is 16.4. The van der Waals surface area contributed by atoms with Gasteiger partial charge in [0, 0.05) is 25.8 Å². The minimum absolute atomic E-state index is 0.0719. The smallest absolute Gasteiger partial charge is 0.320 e. The third kappa shape index (κ3) is 14.9. The number of carbonyl (C=O) groups is 4. The first-order chi connectivity index (χ1) is 11.1. The lowest BCUT2D eigenvalue weighted by molar-refractivity contribution is -0.139. The second kappa shape index (κ2) is 14.5. The van der Waals surface area contributed by atoms with Crippen LogP contribution in [0.4, 0.5) is 0 Å². The molecule has 0 aliphatic rings. The summed E-state index contributed by atoms with van der Waals surface area (Å²) in [5.41, 5.74) is 15.7. The lowest BCUT2D eigenvalue weighted by atomic mass is 10.1. The summed E-state index contributed by atoms with van der Waals surface area (Å²) in [7, 11) is 0. The second-order valence-electron chi connectivity index (χ2n) is 4.98. The molecule has 0 aromatic rings. The van der Waals surface area contributed by atoms with Gasteiger partial charge >= 0.3 is 11.9 Å². The number of carboxylic acids is 2. The van der Waals surface area contributed by atoms with Crippen molar-refractivity contribution in [1.29, 1.82) is 0 Å². The van der Waals surface area contributed by atoms with E-state index in [0.29, 0.717) is 6.54 Å². The quantitative estimate of drug-likeness (QED) is 0.255. The number of carboxylic acid groups (broad SMARTS) is 2. The van der Waals surface area contributed by atoms with Crippen LogP contribution in [0, 0.1) is 0 Å². The molecule has 0 fully saturated rings. The van der Waals surface area contributed by atoms with Crippen molar-refractivity contribution in [3.63, 3.8) is 0 Å². The van der Waals surface area contributed by atoms with Crippen LogP contribution >= 0.6 is 0 Å². The monoisotopic (exact) mass is 348 g/mol. The van der Waals surface area contributed by atoms with E-state index >= 15 is 0 Å². The molecule has 0 aliphatic heterocycles. The predicted molar refractivity (Wildman–Crippen MR) is 87.1 cm³/mol. The van der Waals surface area contributed by atoms with Crippen LogP contribution in [0.3, 0.4) is 0 Å². The van der Waals surface area contributed by atoms with Crippen molar-refractivity contribution in [2.24, 2.45) is 17.2 Å². The zero-order valence-electron chi connectivity index (χ0n) is 13.9. The number of rotatable bonds is 11. The summed E-state index contributed by atoms with van der Waals surface area (Å²) in [6, 6.07) is -1.61. The Morgan fingerprint density at radius 3 is 1.92 bits per heavy atom. The van der Waals surface area contributed by atoms with Gasteiger partial charge in [0.15, 0.2) is 5.78 Å². The topological polar surface area (TPSA) is 199 Å². The van der Waals surface area contributed by atoms with Gasteiger partial charge < -0.3 is 32.7 Å². The average Bonchev–Trinajstić information content (AvgIpc) is 2.51. The summed E-state index contributed by atoms with van der Waals surface area (Å²) in [5, 5.41) is 19.2. The van der Waals surface area contributed by atoms with Crippen LogP contribution in [0.1, 0.15) is 39.0 Å². The molecule has 0 unspecified atom stereocenters. The summed E-state index contributed by atoms with van der Waals surface area (Å²) in [5.74, 6) is -2.33. The molecule has 0 spiro atoms. The first kappa shape index (κ1) is 24.2. The number of Topliss-reactive ketones (excluding diaryl/α,β-unsaturated/α-hetero) is 1. The highest BCUT2D eigenvalue weighted by molar-refractivity contribution is 5.84. The molecule has 0 radical (unpaired) electrons. The molecule has 0 aromatic carbocycles. The molecule has 1 amide bonds. The van der Waals surface area contributed by atoms with E-state index in [2.05, 4.69) is 5.32 Å². The van der Waals surface area contributed by atoms with Gasteiger partial charge in [-0.2, -0.15) is 0 Å². The van der Waals surface area contributed by atoms with Crippen LogP contribution in [0.25, 0.3) is 0 Å². The zero-order chi connectivity index (χ0) is 19.1. The number of aliphatic carboxylic acids is 2. The van der Waals surface area contributed by atoms with Gasteiger partial charge in [-0.1, -0.05) is 0 Å². The van der Waals surface area contributed by atoms with Crippen LogP contribution < -0.4 is 22.5 Å². The van der Waals surface area contributed by atoms with Crippen molar-refractivity contribution in [2.75, 3.05) is 13.1 Å². The first-order valence-electron chi connectivity index (χ1n) is 7.60. The van der Waals surface area contributed by atoms with E-state index in [9.17, 15) is 19.2 Å². The molecule has 0 saturated heterocycles. The Labute approximate surface area is 140 Å². The van der Waals surface area contributed by atoms with Crippen molar-refractivity contribution in [2.45, 2.75) is 51.1 Å². The van der Waals surface area contributed by atoms with E-state index < -0.39 is 24.0 Å². The molecule has 0 bridgehead atoms. The fourth-order valence-electron chi connectivity index (χ4n) is 1.46. The number of nitrogens with one attached hydrogen (secondary N) is 1. The molecule has 9 N–H and O–H groups in total. The normalized spacial score (nSPS) is 12.3.